The second-order valence-corrected chi connectivity index (χ2v) is 6.62. The van der Waals surface area contributed by atoms with Crippen LogP contribution in [0.2, 0.25) is 0 Å². The average molecular weight is 297 g/mol. The zero-order valence-electron chi connectivity index (χ0n) is 11.6. The highest BCUT2D eigenvalue weighted by atomic mass is 31.2. The molecule has 0 saturated heterocycles. The van der Waals surface area contributed by atoms with Gasteiger partial charge in [-0.05, 0) is 18.9 Å². The van der Waals surface area contributed by atoms with E-state index in [-0.39, 0.29) is 6.16 Å². The van der Waals surface area contributed by atoms with Gasteiger partial charge in [-0.25, -0.2) is 9.50 Å². The van der Waals surface area contributed by atoms with Crippen LogP contribution < -0.4 is 0 Å². The van der Waals surface area contributed by atoms with E-state index in [4.69, 9.17) is 9.79 Å². The Kier molecular flexibility index (Phi) is 4.91. The number of aromatic nitrogens is 3. The summed E-state index contributed by atoms with van der Waals surface area (Å²) >= 11 is 0. The molecular formula is C13H20N3O3P. The molecule has 0 spiro atoms. The standard InChI is InChI=1S/C13H20N3O3P/c1-2-3-4-5-6-11-9-12(10-20(17,18)19)16-13(15-11)7-8-14-16/h7-9H,2-6,10H2,1H3,(H2,17,18,19). The summed E-state index contributed by atoms with van der Waals surface area (Å²) in [5.41, 5.74) is 2.03. The summed E-state index contributed by atoms with van der Waals surface area (Å²) in [6, 6.07) is 3.50. The lowest BCUT2D eigenvalue weighted by molar-refractivity contribution is 0.370. The van der Waals surface area contributed by atoms with Crippen molar-refractivity contribution in [3.05, 3.63) is 29.7 Å². The highest BCUT2D eigenvalue weighted by molar-refractivity contribution is 7.50. The number of hydrogen-bond donors (Lipinski definition) is 2. The molecule has 0 amide bonds. The largest absolute Gasteiger partial charge is 0.331 e. The fourth-order valence-electron chi connectivity index (χ4n) is 2.22. The molecule has 0 aromatic carbocycles. The van der Waals surface area contributed by atoms with E-state index in [9.17, 15) is 4.57 Å². The van der Waals surface area contributed by atoms with Crippen LogP contribution in [0.3, 0.4) is 0 Å². The molecule has 0 aliphatic heterocycles. The number of unbranched alkanes of at least 4 members (excludes halogenated alkanes) is 3. The molecule has 0 bridgehead atoms. The molecule has 2 aromatic rings. The van der Waals surface area contributed by atoms with E-state index < -0.39 is 7.60 Å². The molecule has 2 rings (SSSR count). The van der Waals surface area contributed by atoms with Crippen molar-refractivity contribution >= 4 is 13.2 Å². The molecule has 0 atom stereocenters. The van der Waals surface area contributed by atoms with Crippen LogP contribution >= 0.6 is 7.60 Å². The van der Waals surface area contributed by atoms with Crippen molar-refractivity contribution in [3.63, 3.8) is 0 Å². The van der Waals surface area contributed by atoms with E-state index >= 15 is 0 Å². The summed E-state index contributed by atoms with van der Waals surface area (Å²) in [5, 5.41) is 4.06. The molecule has 2 aromatic heterocycles. The highest BCUT2D eigenvalue weighted by Crippen LogP contribution is 2.39. The predicted octanol–water partition coefficient (Wildman–Crippen LogP) is 2.53. The van der Waals surface area contributed by atoms with Gasteiger partial charge in [-0.3, -0.25) is 4.57 Å². The molecule has 20 heavy (non-hydrogen) atoms. The van der Waals surface area contributed by atoms with Crippen LogP contribution in [0.5, 0.6) is 0 Å². The third-order valence-corrected chi connectivity index (χ3v) is 3.88. The second-order valence-electron chi connectivity index (χ2n) is 4.97. The normalized spacial score (nSPS) is 12.2. The first-order valence-corrected chi connectivity index (χ1v) is 8.66. The summed E-state index contributed by atoms with van der Waals surface area (Å²) in [4.78, 5) is 22.8. The molecule has 110 valence electrons. The van der Waals surface area contributed by atoms with E-state index in [0.717, 1.165) is 25.0 Å². The van der Waals surface area contributed by atoms with Crippen molar-refractivity contribution in [2.24, 2.45) is 0 Å². The van der Waals surface area contributed by atoms with Gasteiger partial charge in [-0.15, -0.1) is 0 Å². The quantitative estimate of drug-likeness (QED) is 0.605. The molecule has 0 radical (unpaired) electrons. The summed E-state index contributed by atoms with van der Waals surface area (Å²) in [6.07, 6.45) is 6.68. The van der Waals surface area contributed by atoms with Gasteiger partial charge in [0.05, 0.1) is 18.1 Å². The minimum atomic E-state index is -4.11. The molecule has 0 fully saturated rings. The smallest absolute Gasteiger partial charge is 0.324 e. The topological polar surface area (TPSA) is 87.7 Å². The zero-order valence-corrected chi connectivity index (χ0v) is 12.5. The Hall–Kier alpha value is -1.23. The Balaban J connectivity index is 2.21. The maximum atomic E-state index is 11.2. The highest BCUT2D eigenvalue weighted by Gasteiger charge is 2.18. The van der Waals surface area contributed by atoms with Gasteiger partial charge in [0.1, 0.15) is 0 Å². The number of nitrogens with zero attached hydrogens (tertiary/aromatic N) is 3. The van der Waals surface area contributed by atoms with Crippen LogP contribution in [-0.2, 0) is 17.1 Å². The first-order valence-electron chi connectivity index (χ1n) is 6.87. The lowest BCUT2D eigenvalue weighted by Gasteiger charge is -2.09. The van der Waals surface area contributed by atoms with E-state index in [1.54, 1.807) is 18.3 Å². The van der Waals surface area contributed by atoms with E-state index in [2.05, 4.69) is 17.0 Å². The fourth-order valence-corrected chi connectivity index (χ4v) is 2.87. The molecule has 2 heterocycles. The lowest BCUT2D eigenvalue weighted by atomic mass is 10.1. The Labute approximate surface area is 118 Å². The average Bonchev–Trinajstić information content (AvgIpc) is 2.81. The van der Waals surface area contributed by atoms with Crippen LogP contribution in [0.25, 0.3) is 5.65 Å². The van der Waals surface area contributed by atoms with Crippen molar-refractivity contribution in [1.82, 2.24) is 14.6 Å². The van der Waals surface area contributed by atoms with Crippen molar-refractivity contribution in [2.75, 3.05) is 0 Å². The fraction of sp³-hybridized carbons (Fsp3) is 0.538. The summed E-state index contributed by atoms with van der Waals surface area (Å²) in [5.74, 6) is 0. The molecule has 0 unspecified atom stereocenters. The van der Waals surface area contributed by atoms with E-state index in [1.165, 1.54) is 17.4 Å². The zero-order chi connectivity index (χ0) is 14.6. The van der Waals surface area contributed by atoms with Gasteiger partial charge in [0, 0.05) is 11.8 Å². The van der Waals surface area contributed by atoms with Crippen LogP contribution in [0.4, 0.5) is 0 Å². The van der Waals surface area contributed by atoms with Crippen LogP contribution in [0.15, 0.2) is 18.3 Å². The number of rotatable bonds is 7. The van der Waals surface area contributed by atoms with Gasteiger partial charge >= 0.3 is 7.60 Å². The van der Waals surface area contributed by atoms with Gasteiger partial charge in [0.15, 0.2) is 5.65 Å². The van der Waals surface area contributed by atoms with Crippen LogP contribution in [0.1, 0.15) is 44.0 Å². The van der Waals surface area contributed by atoms with Crippen molar-refractivity contribution < 1.29 is 14.4 Å². The van der Waals surface area contributed by atoms with E-state index in [1.807, 2.05) is 0 Å². The van der Waals surface area contributed by atoms with Gasteiger partial charge in [0.25, 0.3) is 0 Å². The van der Waals surface area contributed by atoms with Gasteiger partial charge in [-0.1, -0.05) is 26.2 Å². The molecule has 0 saturated carbocycles. The molecule has 7 heteroatoms. The number of fused-ring (bicyclic) bond motifs is 1. The van der Waals surface area contributed by atoms with Gasteiger partial charge < -0.3 is 9.79 Å². The monoisotopic (exact) mass is 297 g/mol. The Morgan fingerprint density at radius 3 is 2.80 bits per heavy atom. The maximum Gasteiger partial charge on any atom is 0.331 e. The lowest BCUT2D eigenvalue weighted by Crippen LogP contribution is -2.04. The van der Waals surface area contributed by atoms with Gasteiger partial charge in [0.2, 0.25) is 0 Å². The molecule has 6 nitrogen and oxygen atoms in total. The van der Waals surface area contributed by atoms with Crippen molar-refractivity contribution in [3.8, 4) is 0 Å². The molecular weight excluding hydrogens is 277 g/mol. The molecule has 2 N–H and O–H groups in total. The van der Waals surface area contributed by atoms with Crippen LogP contribution in [-0.4, -0.2) is 24.4 Å². The minimum Gasteiger partial charge on any atom is -0.324 e. The Morgan fingerprint density at radius 1 is 1.30 bits per heavy atom. The van der Waals surface area contributed by atoms with Crippen molar-refractivity contribution in [2.45, 2.75) is 45.2 Å². The van der Waals surface area contributed by atoms with Crippen LogP contribution in [0, 0.1) is 0 Å². The number of aryl methyl sites for hydroxylation is 1. The third kappa shape index (κ3) is 4.13. The SMILES string of the molecule is CCCCCCc1cc(CP(=O)(O)O)n2nccc2n1. The van der Waals surface area contributed by atoms with Crippen molar-refractivity contribution in [1.29, 1.82) is 0 Å². The summed E-state index contributed by atoms with van der Waals surface area (Å²) in [7, 11) is -4.11. The number of hydrogen-bond acceptors (Lipinski definition) is 3. The van der Waals surface area contributed by atoms with E-state index in [0.29, 0.717) is 11.3 Å². The first-order chi connectivity index (χ1) is 9.49. The molecule has 0 aliphatic rings. The van der Waals surface area contributed by atoms with Gasteiger partial charge in [-0.2, -0.15) is 5.10 Å². The summed E-state index contributed by atoms with van der Waals surface area (Å²) in [6.45, 7) is 2.16. The maximum absolute atomic E-state index is 11.2. The Bertz CT molecular complexity index is 620. The molecule has 0 aliphatic carbocycles. The Morgan fingerprint density at radius 2 is 2.10 bits per heavy atom. The minimum absolute atomic E-state index is 0.310. The first kappa shape index (κ1) is 15.2. The predicted molar refractivity (Wildman–Crippen MR) is 76.6 cm³/mol. The third-order valence-electron chi connectivity index (χ3n) is 3.14. The second kappa shape index (κ2) is 6.48. The summed E-state index contributed by atoms with van der Waals surface area (Å²) < 4.78 is 12.7.